The van der Waals surface area contributed by atoms with Crippen molar-refractivity contribution in [2.75, 3.05) is 0 Å². The lowest BCUT2D eigenvalue weighted by Gasteiger charge is -2.13. The van der Waals surface area contributed by atoms with Crippen LogP contribution in [0.25, 0.3) is 122 Å². The summed E-state index contributed by atoms with van der Waals surface area (Å²) in [6.07, 6.45) is 0. The summed E-state index contributed by atoms with van der Waals surface area (Å²) < 4.78 is 6.66. The van der Waals surface area contributed by atoms with E-state index in [4.69, 9.17) is 19.4 Å². The Labute approximate surface area is 352 Å². The number of nitrogens with zero attached hydrogens (tertiary/aromatic N) is 3. The van der Waals surface area contributed by atoms with Gasteiger partial charge in [0, 0.05) is 27.5 Å². The standard InChI is InChI=1S/C57H35N3O/c1-3-13-36(14-4-1)38-23-27-40(28-24-38)55-58-56(41-29-25-39(26-30-41)37-15-5-2-6-16-37)60-57(59-55)51-34-43(35-53-54(51)49-21-11-12-22-52(49)61-53)42-31-32-48-46-19-8-7-17-44(46)45-18-9-10-20-47(45)50(48)33-42/h1-35H. The van der Waals surface area contributed by atoms with Crippen molar-refractivity contribution < 1.29 is 4.42 Å². The van der Waals surface area contributed by atoms with Crippen LogP contribution in [0, 0.1) is 0 Å². The summed E-state index contributed by atoms with van der Waals surface area (Å²) in [6.45, 7) is 0. The molecule has 0 saturated heterocycles. The Morgan fingerprint density at radius 1 is 0.246 bits per heavy atom. The second kappa shape index (κ2) is 14.3. The van der Waals surface area contributed by atoms with E-state index in [2.05, 4.69) is 188 Å². The fourth-order valence-electron chi connectivity index (χ4n) is 8.92. The smallest absolute Gasteiger partial charge is 0.164 e. The van der Waals surface area contributed by atoms with Crippen molar-refractivity contribution in [3.63, 3.8) is 0 Å². The highest BCUT2D eigenvalue weighted by atomic mass is 16.3. The molecule has 61 heavy (non-hydrogen) atoms. The average molecular weight is 778 g/mol. The molecule has 2 heterocycles. The van der Waals surface area contributed by atoms with E-state index in [1.165, 1.54) is 32.3 Å². The lowest BCUT2D eigenvalue weighted by Crippen LogP contribution is -2.01. The second-order valence-electron chi connectivity index (χ2n) is 15.5. The van der Waals surface area contributed by atoms with Crippen LogP contribution in [0.2, 0.25) is 0 Å². The highest BCUT2D eigenvalue weighted by molar-refractivity contribution is 6.26. The molecule has 0 aliphatic heterocycles. The van der Waals surface area contributed by atoms with Crippen molar-refractivity contribution in [1.82, 2.24) is 15.0 Å². The molecule has 0 N–H and O–H groups in total. The summed E-state index contributed by atoms with van der Waals surface area (Å²) in [7, 11) is 0. The van der Waals surface area contributed by atoms with Crippen molar-refractivity contribution in [2.24, 2.45) is 0 Å². The maximum absolute atomic E-state index is 6.66. The van der Waals surface area contributed by atoms with Crippen molar-refractivity contribution in [1.29, 1.82) is 0 Å². The molecule has 0 unspecified atom stereocenters. The molecule has 0 fully saturated rings. The van der Waals surface area contributed by atoms with E-state index >= 15 is 0 Å². The van der Waals surface area contributed by atoms with E-state index in [9.17, 15) is 0 Å². The van der Waals surface area contributed by atoms with Gasteiger partial charge in [0.25, 0.3) is 0 Å². The summed E-state index contributed by atoms with van der Waals surface area (Å²) in [4.78, 5) is 15.8. The van der Waals surface area contributed by atoms with Gasteiger partial charge in [0.1, 0.15) is 11.2 Å². The van der Waals surface area contributed by atoms with Gasteiger partial charge in [0.15, 0.2) is 17.5 Å². The maximum Gasteiger partial charge on any atom is 0.164 e. The number of para-hydroxylation sites is 1. The van der Waals surface area contributed by atoms with Crippen molar-refractivity contribution in [3.05, 3.63) is 212 Å². The molecule has 0 radical (unpaired) electrons. The first-order valence-electron chi connectivity index (χ1n) is 20.6. The number of rotatable bonds is 6. The third-order valence-electron chi connectivity index (χ3n) is 11.9. The lowest BCUT2D eigenvalue weighted by molar-refractivity contribution is 0.669. The Morgan fingerprint density at radius 2 is 0.656 bits per heavy atom. The van der Waals surface area contributed by atoms with Crippen LogP contribution < -0.4 is 0 Å². The Morgan fingerprint density at radius 3 is 1.21 bits per heavy atom. The third-order valence-corrected chi connectivity index (χ3v) is 11.9. The van der Waals surface area contributed by atoms with E-state index in [1.54, 1.807) is 0 Å². The summed E-state index contributed by atoms with van der Waals surface area (Å²) in [5.74, 6) is 1.78. The number of hydrogen-bond acceptors (Lipinski definition) is 4. The summed E-state index contributed by atoms with van der Waals surface area (Å²) in [6, 6.07) is 74.6. The van der Waals surface area contributed by atoms with Gasteiger partial charge in [-0.2, -0.15) is 0 Å². The van der Waals surface area contributed by atoms with Gasteiger partial charge in [-0.05, 0) is 90.0 Å². The zero-order chi connectivity index (χ0) is 40.3. The molecular weight excluding hydrogens is 743 g/mol. The average Bonchev–Trinajstić information content (AvgIpc) is 3.73. The Bertz CT molecular complexity index is 3480. The molecule has 4 nitrogen and oxygen atoms in total. The first-order valence-corrected chi connectivity index (χ1v) is 20.6. The number of benzene rings is 10. The zero-order valence-corrected chi connectivity index (χ0v) is 33.0. The number of fused-ring (bicyclic) bond motifs is 9. The van der Waals surface area contributed by atoms with Gasteiger partial charge in [-0.15, -0.1) is 0 Å². The van der Waals surface area contributed by atoms with E-state index < -0.39 is 0 Å². The van der Waals surface area contributed by atoms with Gasteiger partial charge in [-0.25, -0.2) is 15.0 Å². The fraction of sp³-hybridized carbons (Fsp3) is 0. The highest BCUT2D eigenvalue weighted by Gasteiger charge is 2.21. The zero-order valence-electron chi connectivity index (χ0n) is 33.0. The van der Waals surface area contributed by atoms with Crippen LogP contribution in [0.4, 0.5) is 0 Å². The van der Waals surface area contributed by atoms with E-state index in [0.717, 1.165) is 72.0 Å². The van der Waals surface area contributed by atoms with Crippen LogP contribution >= 0.6 is 0 Å². The molecule has 0 atom stereocenters. The van der Waals surface area contributed by atoms with Gasteiger partial charge in [-0.1, -0.05) is 188 Å². The SMILES string of the molecule is c1ccc(-c2ccc(-c3nc(-c4ccc(-c5ccccc5)cc4)nc(-c4cc(-c5ccc6c7ccccc7c7ccccc7c6c5)cc5oc6ccccc6c45)n3)cc2)cc1. The Hall–Kier alpha value is -8.21. The Balaban J connectivity index is 1.08. The van der Waals surface area contributed by atoms with E-state index in [0.29, 0.717) is 17.5 Å². The molecule has 10 aromatic carbocycles. The maximum atomic E-state index is 6.66. The van der Waals surface area contributed by atoms with Crippen molar-refractivity contribution in [2.45, 2.75) is 0 Å². The molecule has 2 aromatic heterocycles. The molecule has 12 rings (SSSR count). The first kappa shape index (κ1) is 34.8. The minimum absolute atomic E-state index is 0.579. The predicted molar refractivity (Wildman–Crippen MR) is 252 cm³/mol. The predicted octanol–water partition coefficient (Wildman–Crippen LogP) is 15.2. The molecule has 0 spiro atoms. The van der Waals surface area contributed by atoms with Crippen molar-refractivity contribution >= 4 is 54.3 Å². The van der Waals surface area contributed by atoms with Crippen LogP contribution in [0.3, 0.4) is 0 Å². The molecule has 12 aromatic rings. The number of aromatic nitrogens is 3. The summed E-state index contributed by atoms with van der Waals surface area (Å²) in [5, 5.41) is 9.40. The van der Waals surface area contributed by atoms with Crippen LogP contribution in [-0.2, 0) is 0 Å². The van der Waals surface area contributed by atoms with Gasteiger partial charge >= 0.3 is 0 Å². The molecule has 0 aliphatic carbocycles. The van der Waals surface area contributed by atoms with E-state index in [1.807, 2.05) is 24.3 Å². The normalized spacial score (nSPS) is 11.6. The minimum atomic E-state index is 0.579. The highest BCUT2D eigenvalue weighted by Crippen LogP contribution is 2.42. The molecule has 0 amide bonds. The summed E-state index contributed by atoms with van der Waals surface area (Å²) >= 11 is 0. The van der Waals surface area contributed by atoms with Gasteiger partial charge in [0.05, 0.1) is 0 Å². The van der Waals surface area contributed by atoms with Gasteiger partial charge < -0.3 is 4.42 Å². The van der Waals surface area contributed by atoms with Crippen LogP contribution in [0.15, 0.2) is 217 Å². The third kappa shape index (κ3) is 6.04. The van der Waals surface area contributed by atoms with Crippen LogP contribution in [0.1, 0.15) is 0 Å². The molecule has 0 bridgehead atoms. The number of hydrogen-bond donors (Lipinski definition) is 0. The van der Waals surface area contributed by atoms with Gasteiger partial charge in [-0.3, -0.25) is 0 Å². The molecule has 284 valence electrons. The minimum Gasteiger partial charge on any atom is -0.456 e. The van der Waals surface area contributed by atoms with Crippen LogP contribution in [-0.4, -0.2) is 15.0 Å². The monoisotopic (exact) mass is 777 g/mol. The van der Waals surface area contributed by atoms with E-state index in [-0.39, 0.29) is 0 Å². The second-order valence-corrected chi connectivity index (χ2v) is 15.5. The molecule has 0 aliphatic rings. The molecule has 0 saturated carbocycles. The fourth-order valence-corrected chi connectivity index (χ4v) is 8.92. The lowest BCUT2D eigenvalue weighted by atomic mass is 9.91. The molecular formula is C57H35N3O. The van der Waals surface area contributed by atoms with Crippen molar-refractivity contribution in [3.8, 4) is 67.5 Å². The van der Waals surface area contributed by atoms with Gasteiger partial charge in [0.2, 0.25) is 0 Å². The largest absolute Gasteiger partial charge is 0.456 e. The van der Waals surface area contributed by atoms with Crippen LogP contribution in [0.5, 0.6) is 0 Å². The topological polar surface area (TPSA) is 51.8 Å². The molecule has 4 heteroatoms. The number of furan rings is 1. The first-order chi connectivity index (χ1) is 30.2. The summed E-state index contributed by atoms with van der Waals surface area (Å²) in [5.41, 5.74) is 11.0. The Kier molecular flexibility index (Phi) is 8.13. The quantitative estimate of drug-likeness (QED) is 0.158.